The fourth-order valence-corrected chi connectivity index (χ4v) is 2.20. The highest BCUT2D eigenvalue weighted by Gasteiger charge is 2.07. The summed E-state index contributed by atoms with van der Waals surface area (Å²) in [6.45, 7) is 1.14. The maximum atomic E-state index is 10.4. The first-order valence-corrected chi connectivity index (χ1v) is 7.38. The van der Waals surface area contributed by atoms with Gasteiger partial charge in [0, 0.05) is 18.4 Å². The fraction of sp³-hybridized carbons (Fsp3) is 0.353. The van der Waals surface area contributed by atoms with Crippen LogP contribution in [0.25, 0.3) is 10.8 Å². The molecular formula is C17H21NO4. The molecular weight excluding hydrogens is 282 g/mol. The molecule has 0 heterocycles. The standard InChI is InChI=1S/C17H21NO4/c19-14(11-18-10-4-9-17(20)21)12-22-16-8-3-6-13-5-1-2-7-15(13)16/h1-3,5-8,14,18-19H,4,9-12H2,(H,20,21). The van der Waals surface area contributed by atoms with Gasteiger partial charge in [-0.3, -0.25) is 4.79 Å². The van der Waals surface area contributed by atoms with Crippen molar-refractivity contribution in [3.05, 3.63) is 42.5 Å². The van der Waals surface area contributed by atoms with Gasteiger partial charge >= 0.3 is 5.97 Å². The van der Waals surface area contributed by atoms with Crippen LogP contribution >= 0.6 is 0 Å². The minimum absolute atomic E-state index is 0.135. The molecule has 0 aliphatic carbocycles. The molecule has 3 N–H and O–H groups in total. The molecule has 1 atom stereocenters. The Balaban J connectivity index is 1.76. The van der Waals surface area contributed by atoms with Crippen LogP contribution in [-0.2, 0) is 4.79 Å². The summed E-state index contributed by atoms with van der Waals surface area (Å²) >= 11 is 0. The zero-order valence-electron chi connectivity index (χ0n) is 12.4. The molecule has 2 aromatic carbocycles. The Labute approximate surface area is 129 Å². The quantitative estimate of drug-likeness (QED) is 0.618. The third kappa shape index (κ3) is 5.02. The minimum atomic E-state index is -0.804. The van der Waals surface area contributed by atoms with Crippen LogP contribution in [0.2, 0.25) is 0 Å². The first-order chi connectivity index (χ1) is 10.7. The van der Waals surface area contributed by atoms with E-state index in [0.717, 1.165) is 16.5 Å². The predicted octanol–water partition coefficient (Wildman–Crippen LogP) is 2.03. The molecule has 1 unspecified atom stereocenters. The van der Waals surface area contributed by atoms with Crippen LogP contribution in [0.1, 0.15) is 12.8 Å². The van der Waals surface area contributed by atoms with Crippen LogP contribution in [0, 0.1) is 0 Å². The minimum Gasteiger partial charge on any atom is -0.490 e. The number of carboxylic acid groups (broad SMARTS) is 1. The number of aliphatic hydroxyl groups is 1. The van der Waals surface area contributed by atoms with E-state index in [1.54, 1.807) is 0 Å². The third-order valence-electron chi connectivity index (χ3n) is 3.31. The molecule has 0 bridgehead atoms. The molecule has 118 valence electrons. The summed E-state index contributed by atoms with van der Waals surface area (Å²) in [7, 11) is 0. The maximum Gasteiger partial charge on any atom is 0.303 e. The van der Waals surface area contributed by atoms with E-state index in [1.165, 1.54) is 0 Å². The van der Waals surface area contributed by atoms with Crippen LogP contribution in [0.4, 0.5) is 0 Å². The number of ether oxygens (including phenoxy) is 1. The van der Waals surface area contributed by atoms with Crippen molar-refractivity contribution < 1.29 is 19.7 Å². The van der Waals surface area contributed by atoms with Gasteiger partial charge in [0.2, 0.25) is 0 Å². The zero-order valence-corrected chi connectivity index (χ0v) is 12.4. The molecule has 2 rings (SSSR count). The second kappa shape index (κ2) is 8.36. The maximum absolute atomic E-state index is 10.4. The Bertz CT molecular complexity index is 609. The number of hydrogen-bond donors (Lipinski definition) is 3. The smallest absolute Gasteiger partial charge is 0.303 e. The Kier molecular flexibility index (Phi) is 6.18. The summed E-state index contributed by atoms with van der Waals surface area (Å²) < 4.78 is 5.69. The molecule has 5 heteroatoms. The number of aliphatic carboxylic acids is 1. The van der Waals surface area contributed by atoms with Gasteiger partial charge in [-0.25, -0.2) is 0 Å². The lowest BCUT2D eigenvalue weighted by Crippen LogP contribution is -2.32. The number of carbonyl (C=O) groups is 1. The fourth-order valence-electron chi connectivity index (χ4n) is 2.20. The summed E-state index contributed by atoms with van der Waals surface area (Å²) in [6, 6.07) is 13.8. The number of benzene rings is 2. The first-order valence-electron chi connectivity index (χ1n) is 7.38. The lowest BCUT2D eigenvalue weighted by Gasteiger charge is -2.14. The molecule has 0 amide bonds. The molecule has 5 nitrogen and oxygen atoms in total. The highest BCUT2D eigenvalue weighted by Crippen LogP contribution is 2.25. The average molecular weight is 303 g/mol. The molecule has 22 heavy (non-hydrogen) atoms. The van der Waals surface area contributed by atoms with Gasteiger partial charge in [-0.1, -0.05) is 36.4 Å². The van der Waals surface area contributed by atoms with E-state index in [-0.39, 0.29) is 13.0 Å². The molecule has 0 spiro atoms. The summed E-state index contributed by atoms with van der Waals surface area (Å²) in [5, 5.41) is 23.5. The monoisotopic (exact) mass is 303 g/mol. The highest BCUT2D eigenvalue weighted by atomic mass is 16.5. The van der Waals surface area contributed by atoms with Crippen molar-refractivity contribution in [3.8, 4) is 5.75 Å². The number of nitrogens with one attached hydrogen (secondary N) is 1. The molecule has 0 aliphatic rings. The van der Waals surface area contributed by atoms with E-state index in [0.29, 0.717) is 19.5 Å². The Morgan fingerprint density at radius 1 is 1.18 bits per heavy atom. The van der Waals surface area contributed by atoms with Gasteiger partial charge < -0.3 is 20.3 Å². The van der Waals surface area contributed by atoms with E-state index in [2.05, 4.69) is 5.32 Å². The number of hydrogen-bond acceptors (Lipinski definition) is 4. The van der Waals surface area contributed by atoms with Crippen molar-refractivity contribution in [2.24, 2.45) is 0 Å². The van der Waals surface area contributed by atoms with Crippen molar-refractivity contribution in [1.82, 2.24) is 5.32 Å². The molecule has 2 aromatic rings. The number of fused-ring (bicyclic) bond motifs is 1. The Hall–Kier alpha value is -2.11. The van der Waals surface area contributed by atoms with Crippen LogP contribution < -0.4 is 10.1 Å². The highest BCUT2D eigenvalue weighted by molar-refractivity contribution is 5.88. The van der Waals surface area contributed by atoms with Crippen molar-refractivity contribution in [3.63, 3.8) is 0 Å². The van der Waals surface area contributed by atoms with Gasteiger partial charge in [-0.15, -0.1) is 0 Å². The zero-order chi connectivity index (χ0) is 15.8. The normalized spacial score (nSPS) is 12.2. The largest absolute Gasteiger partial charge is 0.490 e. The predicted molar refractivity (Wildman–Crippen MR) is 85.2 cm³/mol. The second-order valence-corrected chi connectivity index (χ2v) is 5.14. The summed E-state index contributed by atoms with van der Waals surface area (Å²) in [5.74, 6) is -0.0512. The SMILES string of the molecule is O=C(O)CCCNCC(O)COc1cccc2ccccc12. The Morgan fingerprint density at radius 2 is 1.95 bits per heavy atom. The van der Waals surface area contributed by atoms with E-state index >= 15 is 0 Å². The van der Waals surface area contributed by atoms with Gasteiger partial charge in [0.1, 0.15) is 18.5 Å². The lowest BCUT2D eigenvalue weighted by molar-refractivity contribution is -0.137. The topological polar surface area (TPSA) is 78.8 Å². The van der Waals surface area contributed by atoms with Crippen LogP contribution in [-0.4, -0.2) is 42.0 Å². The van der Waals surface area contributed by atoms with E-state index in [4.69, 9.17) is 9.84 Å². The lowest BCUT2D eigenvalue weighted by atomic mass is 10.1. The van der Waals surface area contributed by atoms with Gasteiger partial charge in [0.15, 0.2) is 0 Å². The van der Waals surface area contributed by atoms with Gasteiger partial charge in [-0.05, 0) is 24.4 Å². The summed E-state index contributed by atoms with van der Waals surface area (Å²) in [6.07, 6.45) is 0.0470. The number of carboxylic acids is 1. The van der Waals surface area contributed by atoms with Gasteiger partial charge in [-0.2, -0.15) is 0 Å². The summed E-state index contributed by atoms with van der Waals surface area (Å²) in [5.41, 5.74) is 0. The van der Waals surface area contributed by atoms with Crippen molar-refractivity contribution >= 4 is 16.7 Å². The van der Waals surface area contributed by atoms with Crippen LogP contribution in [0.3, 0.4) is 0 Å². The van der Waals surface area contributed by atoms with E-state index < -0.39 is 12.1 Å². The molecule has 0 saturated heterocycles. The molecule has 0 aromatic heterocycles. The Morgan fingerprint density at radius 3 is 2.77 bits per heavy atom. The van der Waals surface area contributed by atoms with Crippen LogP contribution in [0.5, 0.6) is 5.75 Å². The van der Waals surface area contributed by atoms with E-state index in [9.17, 15) is 9.90 Å². The average Bonchev–Trinajstić information content (AvgIpc) is 2.52. The van der Waals surface area contributed by atoms with Crippen molar-refractivity contribution in [1.29, 1.82) is 0 Å². The second-order valence-electron chi connectivity index (χ2n) is 5.14. The van der Waals surface area contributed by atoms with Crippen LogP contribution in [0.15, 0.2) is 42.5 Å². The molecule has 0 radical (unpaired) electrons. The summed E-state index contributed by atoms with van der Waals surface area (Å²) in [4.78, 5) is 10.4. The van der Waals surface area contributed by atoms with E-state index in [1.807, 2.05) is 42.5 Å². The first kappa shape index (κ1) is 16.3. The number of rotatable bonds is 9. The van der Waals surface area contributed by atoms with Gasteiger partial charge in [0.05, 0.1) is 0 Å². The number of aliphatic hydroxyl groups excluding tert-OH is 1. The third-order valence-corrected chi connectivity index (χ3v) is 3.31. The van der Waals surface area contributed by atoms with Crippen molar-refractivity contribution in [2.45, 2.75) is 18.9 Å². The molecule has 0 saturated carbocycles. The molecule has 0 fully saturated rings. The molecule has 0 aliphatic heterocycles. The van der Waals surface area contributed by atoms with Crippen molar-refractivity contribution in [2.75, 3.05) is 19.7 Å². The van der Waals surface area contributed by atoms with Gasteiger partial charge in [0.25, 0.3) is 0 Å².